The van der Waals surface area contributed by atoms with Crippen LogP contribution in [0.5, 0.6) is 0 Å². The average Bonchev–Trinajstić information content (AvgIpc) is 2.03. The molecule has 0 saturated carbocycles. The van der Waals surface area contributed by atoms with Gasteiger partial charge in [-0.1, -0.05) is 6.58 Å². The van der Waals surface area contributed by atoms with Gasteiger partial charge in [-0.3, -0.25) is 0 Å². The third kappa shape index (κ3) is 3.72. The summed E-state index contributed by atoms with van der Waals surface area (Å²) >= 11 is 0. The summed E-state index contributed by atoms with van der Waals surface area (Å²) in [6, 6.07) is 3.33. The highest BCUT2D eigenvalue weighted by molar-refractivity contribution is 5.91. The van der Waals surface area contributed by atoms with Gasteiger partial charge in [-0.25, -0.2) is 4.79 Å². The van der Waals surface area contributed by atoms with Gasteiger partial charge in [-0.15, -0.1) is 0 Å². The van der Waals surface area contributed by atoms with E-state index in [4.69, 9.17) is 10.5 Å². The Hall–Kier alpha value is -1.81. The maximum Gasteiger partial charge on any atom is 0.348 e. The van der Waals surface area contributed by atoms with Gasteiger partial charge < -0.3 is 4.74 Å². The first kappa shape index (κ1) is 9.19. The van der Waals surface area contributed by atoms with E-state index >= 15 is 0 Å². The van der Waals surface area contributed by atoms with E-state index in [1.807, 2.05) is 0 Å². The van der Waals surface area contributed by atoms with Crippen molar-refractivity contribution in [3.63, 3.8) is 0 Å². The van der Waals surface area contributed by atoms with Crippen LogP contribution in [0.3, 0.4) is 0 Å². The van der Waals surface area contributed by atoms with Crippen LogP contribution < -0.4 is 0 Å². The van der Waals surface area contributed by atoms with Crippen molar-refractivity contribution in [3.05, 3.63) is 12.2 Å². The summed E-state index contributed by atoms with van der Waals surface area (Å²) in [5, 5.41) is 16.2. The first-order chi connectivity index (χ1) is 5.22. The van der Waals surface area contributed by atoms with E-state index < -0.39 is 5.97 Å². The van der Waals surface area contributed by atoms with Crippen molar-refractivity contribution < 1.29 is 9.53 Å². The normalized spacial score (nSPS) is 7.45. The van der Waals surface area contributed by atoms with Crippen LogP contribution in [0.25, 0.3) is 0 Å². The molecule has 0 aromatic carbocycles. The van der Waals surface area contributed by atoms with E-state index in [-0.39, 0.29) is 18.6 Å². The van der Waals surface area contributed by atoms with Crippen LogP contribution >= 0.6 is 0 Å². The monoisotopic (exact) mass is 150 g/mol. The lowest BCUT2D eigenvalue weighted by Gasteiger charge is -1.97. The minimum atomic E-state index is -0.761. The summed E-state index contributed by atoms with van der Waals surface area (Å²) in [4.78, 5) is 10.6. The lowest BCUT2D eigenvalue weighted by atomic mass is 10.3. The number of nitriles is 2. The molecule has 4 nitrogen and oxygen atoms in total. The Balaban J connectivity index is 3.66. The molecule has 0 aliphatic heterocycles. The van der Waals surface area contributed by atoms with E-state index in [0.717, 1.165) is 0 Å². The van der Waals surface area contributed by atoms with Crippen molar-refractivity contribution in [1.82, 2.24) is 0 Å². The molecule has 0 N–H and O–H groups in total. The molecular formula is C7H6N2O2. The summed E-state index contributed by atoms with van der Waals surface area (Å²) in [5.41, 5.74) is -0.247. The minimum Gasteiger partial charge on any atom is -0.460 e. The third-order valence-electron chi connectivity index (χ3n) is 0.828. The van der Waals surface area contributed by atoms with Crippen molar-refractivity contribution in [1.29, 1.82) is 10.5 Å². The van der Waals surface area contributed by atoms with Crippen LogP contribution in [-0.4, -0.2) is 12.6 Å². The van der Waals surface area contributed by atoms with Gasteiger partial charge in [0, 0.05) is 0 Å². The number of esters is 1. The first-order valence-electron chi connectivity index (χ1n) is 2.85. The van der Waals surface area contributed by atoms with Gasteiger partial charge >= 0.3 is 5.97 Å². The molecule has 0 aliphatic rings. The molecular weight excluding hydrogens is 144 g/mol. The predicted molar refractivity (Wildman–Crippen MR) is 35.9 cm³/mol. The summed E-state index contributed by atoms with van der Waals surface area (Å²) in [7, 11) is 0. The number of nitrogens with zero attached hydrogens (tertiary/aromatic N) is 2. The highest BCUT2D eigenvalue weighted by Crippen LogP contribution is 1.92. The Morgan fingerprint density at radius 2 is 2.18 bits per heavy atom. The molecule has 0 spiro atoms. The molecule has 0 amide bonds. The molecule has 0 aromatic rings. The van der Waals surface area contributed by atoms with Crippen LogP contribution in [0.1, 0.15) is 6.42 Å². The number of hydrogen-bond donors (Lipinski definition) is 0. The Morgan fingerprint density at radius 3 is 2.64 bits per heavy atom. The topological polar surface area (TPSA) is 73.9 Å². The maximum absolute atomic E-state index is 10.6. The molecule has 11 heavy (non-hydrogen) atoms. The van der Waals surface area contributed by atoms with Gasteiger partial charge in [-0.2, -0.15) is 10.5 Å². The average molecular weight is 150 g/mol. The second-order valence-corrected chi connectivity index (χ2v) is 1.63. The number of carbonyl (C=O) groups excluding carboxylic acids is 1. The fourth-order valence-electron chi connectivity index (χ4n) is 0.322. The molecule has 0 aromatic heterocycles. The molecule has 0 rings (SSSR count). The fraction of sp³-hybridized carbons (Fsp3) is 0.286. The quantitative estimate of drug-likeness (QED) is 0.254. The van der Waals surface area contributed by atoms with Crippen LogP contribution in [0, 0.1) is 22.7 Å². The minimum absolute atomic E-state index is 0.00995. The summed E-state index contributed by atoms with van der Waals surface area (Å²) in [6.07, 6.45) is 0.129. The Labute approximate surface area is 64.3 Å². The van der Waals surface area contributed by atoms with Crippen molar-refractivity contribution in [3.8, 4) is 12.1 Å². The lowest BCUT2D eigenvalue weighted by Crippen LogP contribution is -2.06. The van der Waals surface area contributed by atoms with E-state index in [1.54, 1.807) is 6.07 Å². The zero-order valence-electron chi connectivity index (χ0n) is 5.83. The van der Waals surface area contributed by atoms with E-state index in [2.05, 4.69) is 11.3 Å². The highest BCUT2D eigenvalue weighted by atomic mass is 16.5. The van der Waals surface area contributed by atoms with E-state index in [1.165, 1.54) is 6.07 Å². The van der Waals surface area contributed by atoms with Crippen LogP contribution in [0.15, 0.2) is 12.2 Å². The molecule has 0 atom stereocenters. The third-order valence-corrected chi connectivity index (χ3v) is 0.828. The number of ether oxygens (including phenoxy) is 1. The van der Waals surface area contributed by atoms with Crippen molar-refractivity contribution in [2.24, 2.45) is 0 Å². The SMILES string of the molecule is C=C(C#N)C(=O)OCCC#N. The molecule has 0 bridgehead atoms. The second kappa shape index (κ2) is 5.01. The van der Waals surface area contributed by atoms with Crippen molar-refractivity contribution in [2.75, 3.05) is 6.61 Å². The summed E-state index contributed by atoms with van der Waals surface area (Å²) in [6.45, 7) is 3.14. The van der Waals surface area contributed by atoms with Crippen LogP contribution in [-0.2, 0) is 9.53 Å². The summed E-state index contributed by atoms with van der Waals surface area (Å²) in [5.74, 6) is -0.761. The zero-order chi connectivity index (χ0) is 8.69. The van der Waals surface area contributed by atoms with Gasteiger partial charge in [0.05, 0.1) is 12.5 Å². The molecule has 0 saturated heterocycles. The molecule has 0 unspecified atom stereocenters. The van der Waals surface area contributed by atoms with Crippen LogP contribution in [0.2, 0.25) is 0 Å². The fourth-order valence-corrected chi connectivity index (χ4v) is 0.322. The maximum atomic E-state index is 10.6. The van der Waals surface area contributed by atoms with E-state index in [0.29, 0.717) is 0 Å². The zero-order valence-corrected chi connectivity index (χ0v) is 5.83. The summed E-state index contributed by atoms with van der Waals surface area (Å²) < 4.78 is 4.45. The Bertz CT molecular complexity index is 244. The lowest BCUT2D eigenvalue weighted by molar-refractivity contribution is -0.138. The number of hydrogen-bond acceptors (Lipinski definition) is 4. The Morgan fingerprint density at radius 1 is 1.55 bits per heavy atom. The van der Waals surface area contributed by atoms with Gasteiger partial charge in [0.2, 0.25) is 0 Å². The smallest absolute Gasteiger partial charge is 0.348 e. The van der Waals surface area contributed by atoms with Crippen molar-refractivity contribution in [2.45, 2.75) is 6.42 Å². The second-order valence-electron chi connectivity index (χ2n) is 1.63. The predicted octanol–water partition coefficient (Wildman–Crippen LogP) is 0.523. The van der Waals surface area contributed by atoms with Gasteiger partial charge in [0.15, 0.2) is 0 Å². The molecule has 0 aliphatic carbocycles. The molecule has 56 valence electrons. The van der Waals surface area contributed by atoms with Gasteiger partial charge in [0.1, 0.15) is 18.2 Å². The van der Waals surface area contributed by atoms with Gasteiger partial charge in [-0.05, 0) is 0 Å². The Kier molecular flexibility index (Phi) is 4.19. The first-order valence-corrected chi connectivity index (χ1v) is 2.85. The standard InChI is InChI=1S/C7H6N2O2/c1-6(5-9)7(10)11-4-2-3-8/h1-2,4H2. The number of carbonyl (C=O) groups is 1. The highest BCUT2D eigenvalue weighted by Gasteiger charge is 2.05. The molecule has 0 heterocycles. The largest absolute Gasteiger partial charge is 0.460 e. The van der Waals surface area contributed by atoms with E-state index in [9.17, 15) is 4.79 Å². The van der Waals surface area contributed by atoms with Gasteiger partial charge in [0.25, 0.3) is 0 Å². The number of rotatable bonds is 3. The van der Waals surface area contributed by atoms with Crippen LogP contribution in [0.4, 0.5) is 0 Å². The van der Waals surface area contributed by atoms with Crippen molar-refractivity contribution >= 4 is 5.97 Å². The molecule has 4 heteroatoms. The molecule has 0 fully saturated rings. The molecule has 0 radical (unpaired) electrons.